The average molecular weight is 225 g/mol. The molecule has 0 aliphatic carbocycles. The number of hydrogen-bond acceptors (Lipinski definition) is 4. The predicted octanol–water partition coefficient (Wildman–Crippen LogP) is 2.23. The van der Waals surface area contributed by atoms with E-state index in [9.17, 15) is 0 Å². The molecule has 4 heteroatoms. The van der Waals surface area contributed by atoms with Crippen molar-refractivity contribution in [3.8, 4) is 0 Å². The Morgan fingerprint density at radius 1 is 1.67 bits per heavy atom. The molecule has 0 saturated carbocycles. The van der Waals surface area contributed by atoms with E-state index in [1.807, 2.05) is 6.20 Å². The van der Waals surface area contributed by atoms with E-state index in [4.69, 9.17) is 5.73 Å². The zero-order valence-electron chi connectivity index (χ0n) is 9.28. The topological polar surface area (TPSA) is 42.2 Å². The van der Waals surface area contributed by atoms with Gasteiger partial charge in [-0.25, -0.2) is 4.98 Å². The summed E-state index contributed by atoms with van der Waals surface area (Å²) in [6.45, 7) is 5.23. The van der Waals surface area contributed by atoms with E-state index < -0.39 is 0 Å². The van der Waals surface area contributed by atoms with Crippen LogP contribution in [0.4, 0.5) is 5.13 Å². The lowest BCUT2D eigenvalue weighted by Gasteiger charge is -2.31. The summed E-state index contributed by atoms with van der Waals surface area (Å²) in [5, 5.41) is 1.16. The molecular formula is C11H19N3S. The Morgan fingerprint density at radius 2 is 2.53 bits per heavy atom. The molecule has 0 spiro atoms. The minimum Gasteiger partial charge on any atom is -0.348 e. The maximum atomic E-state index is 5.60. The van der Waals surface area contributed by atoms with E-state index in [1.165, 1.54) is 30.7 Å². The minimum absolute atomic E-state index is 0.614. The van der Waals surface area contributed by atoms with Gasteiger partial charge in [0.15, 0.2) is 5.13 Å². The third-order valence-electron chi connectivity index (χ3n) is 3.11. The fraction of sp³-hybridized carbons (Fsp3) is 0.727. The lowest BCUT2D eigenvalue weighted by molar-refractivity contribution is 0.404. The summed E-state index contributed by atoms with van der Waals surface area (Å²) in [6, 6.07) is 0. The van der Waals surface area contributed by atoms with Crippen molar-refractivity contribution in [2.24, 2.45) is 11.7 Å². The third kappa shape index (κ3) is 2.49. The lowest BCUT2D eigenvalue weighted by Crippen LogP contribution is -2.34. The summed E-state index contributed by atoms with van der Waals surface area (Å²) in [5.74, 6) is 0.851. The van der Waals surface area contributed by atoms with E-state index in [2.05, 4.69) is 16.8 Å². The van der Waals surface area contributed by atoms with Crippen molar-refractivity contribution in [1.82, 2.24) is 4.98 Å². The molecule has 1 aliphatic rings. The van der Waals surface area contributed by atoms with Crippen molar-refractivity contribution in [1.29, 1.82) is 0 Å². The first-order valence-electron chi connectivity index (χ1n) is 5.73. The Bertz CT molecular complexity index is 311. The quantitative estimate of drug-likeness (QED) is 0.857. The molecule has 1 saturated heterocycles. The number of hydrogen-bond donors (Lipinski definition) is 1. The normalized spacial score (nSPS) is 22.0. The monoisotopic (exact) mass is 225 g/mol. The third-order valence-corrected chi connectivity index (χ3v) is 4.19. The van der Waals surface area contributed by atoms with Crippen LogP contribution in [0, 0.1) is 5.92 Å². The van der Waals surface area contributed by atoms with Gasteiger partial charge in [-0.2, -0.15) is 0 Å². The fourth-order valence-corrected chi connectivity index (χ4v) is 2.93. The highest BCUT2D eigenvalue weighted by Crippen LogP contribution is 2.28. The van der Waals surface area contributed by atoms with Crippen molar-refractivity contribution >= 4 is 16.5 Å². The Morgan fingerprint density at radius 3 is 3.20 bits per heavy atom. The molecule has 3 nitrogen and oxygen atoms in total. The Labute approximate surface area is 95.3 Å². The van der Waals surface area contributed by atoms with E-state index in [0.717, 1.165) is 17.6 Å². The van der Waals surface area contributed by atoms with Crippen LogP contribution in [0.3, 0.4) is 0 Å². The van der Waals surface area contributed by atoms with Crippen LogP contribution >= 0.6 is 11.3 Å². The summed E-state index contributed by atoms with van der Waals surface area (Å²) in [6.07, 6.45) is 5.87. The van der Waals surface area contributed by atoms with E-state index in [0.29, 0.717) is 6.54 Å². The van der Waals surface area contributed by atoms with Gasteiger partial charge in [0.1, 0.15) is 0 Å². The van der Waals surface area contributed by atoms with Crippen LogP contribution in [-0.4, -0.2) is 18.1 Å². The molecule has 0 amide bonds. The largest absolute Gasteiger partial charge is 0.348 e. The second-order valence-electron chi connectivity index (χ2n) is 4.18. The van der Waals surface area contributed by atoms with Gasteiger partial charge in [0, 0.05) is 30.7 Å². The molecule has 0 aromatic carbocycles. The molecule has 2 N–H and O–H groups in total. The Hall–Kier alpha value is -0.610. The maximum absolute atomic E-state index is 5.60. The van der Waals surface area contributed by atoms with E-state index >= 15 is 0 Å². The number of piperidine rings is 1. The number of aromatic nitrogens is 1. The molecule has 0 bridgehead atoms. The summed E-state index contributed by atoms with van der Waals surface area (Å²) in [7, 11) is 0. The minimum atomic E-state index is 0.614. The van der Waals surface area contributed by atoms with Gasteiger partial charge in [-0.1, -0.05) is 13.3 Å². The van der Waals surface area contributed by atoms with Gasteiger partial charge >= 0.3 is 0 Å². The smallest absolute Gasteiger partial charge is 0.185 e. The zero-order chi connectivity index (χ0) is 10.7. The number of nitrogens with zero attached hydrogens (tertiary/aromatic N) is 2. The van der Waals surface area contributed by atoms with Crippen LogP contribution in [0.2, 0.25) is 0 Å². The maximum Gasteiger partial charge on any atom is 0.185 e. The summed E-state index contributed by atoms with van der Waals surface area (Å²) >= 11 is 1.74. The average Bonchev–Trinajstić information content (AvgIpc) is 2.78. The first-order valence-corrected chi connectivity index (χ1v) is 6.54. The van der Waals surface area contributed by atoms with Gasteiger partial charge in [-0.15, -0.1) is 11.3 Å². The number of rotatable bonds is 3. The molecular weight excluding hydrogens is 206 g/mol. The van der Waals surface area contributed by atoms with E-state index in [1.54, 1.807) is 11.3 Å². The van der Waals surface area contributed by atoms with Gasteiger partial charge in [0.05, 0.1) is 0 Å². The molecule has 2 heterocycles. The summed E-state index contributed by atoms with van der Waals surface area (Å²) in [4.78, 5) is 8.05. The molecule has 1 aliphatic heterocycles. The lowest BCUT2D eigenvalue weighted by atomic mass is 9.96. The van der Waals surface area contributed by atoms with Crippen molar-refractivity contribution in [2.75, 3.05) is 18.0 Å². The highest BCUT2D eigenvalue weighted by atomic mass is 32.1. The Kier molecular flexibility index (Phi) is 3.59. The molecule has 1 aromatic heterocycles. The van der Waals surface area contributed by atoms with Crippen molar-refractivity contribution < 1.29 is 0 Å². The van der Waals surface area contributed by atoms with Crippen molar-refractivity contribution in [2.45, 2.75) is 32.7 Å². The second kappa shape index (κ2) is 4.94. The van der Waals surface area contributed by atoms with Gasteiger partial charge in [0.25, 0.3) is 0 Å². The first-order chi connectivity index (χ1) is 7.33. The molecule has 1 unspecified atom stereocenters. The van der Waals surface area contributed by atoms with E-state index in [-0.39, 0.29) is 0 Å². The second-order valence-corrected chi connectivity index (χ2v) is 5.27. The predicted molar refractivity (Wildman–Crippen MR) is 65.2 cm³/mol. The van der Waals surface area contributed by atoms with Crippen LogP contribution < -0.4 is 10.6 Å². The SMILES string of the molecule is CCC1CCCN(c2ncc(CN)s2)C1. The fourth-order valence-electron chi connectivity index (χ4n) is 2.11. The Balaban J connectivity index is 2.03. The molecule has 1 fully saturated rings. The highest BCUT2D eigenvalue weighted by Gasteiger charge is 2.20. The standard InChI is InChI=1S/C11H19N3S/c1-2-9-4-3-5-14(8-9)11-13-7-10(6-12)15-11/h7,9H,2-6,8,12H2,1H3. The van der Waals surface area contributed by atoms with Crippen LogP contribution in [-0.2, 0) is 6.54 Å². The molecule has 2 rings (SSSR count). The van der Waals surface area contributed by atoms with Crippen LogP contribution in [0.1, 0.15) is 31.1 Å². The summed E-state index contributed by atoms with van der Waals surface area (Å²) < 4.78 is 0. The van der Waals surface area contributed by atoms with Gasteiger partial charge < -0.3 is 10.6 Å². The molecule has 1 atom stereocenters. The molecule has 0 radical (unpaired) electrons. The molecule has 1 aromatic rings. The highest BCUT2D eigenvalue weighted by molar-refractivity contribution is 7.15. The zero-order valence-corrected chi connectivity index (χ0v) is 10.1. The number of nitrogens with two attached hydrogens (primary N) is 1. The van der Waals surface area contributed by atoms with Crippen molar-refractivity contribution in [3.63, 3.8) is 0 Å². The van der Waals surface area contributed by atoms with Crippen LogP contribution in [0.5, 0.6) is 0 Å². The molecule has 15 heavy (non-hydrogen) atoms. The van der Waals surface area contributed by atoms with Gasteiger partial charge in [0.2, 0.25) is 0 Å². The first kappa shape index (κ1) is 10.9. The van der Waals surface area contributed by atoms with Gasteiger partial charge in [-0.3, -0.25) is 0 Å². The van der Waals surface area contributed by atoms with Gasteiger partial charge in [-0.05, 0) is 18.8 Å². The van der Waals surface area contributed by atoms with Crippen molar-refractivity contribution in [3.05, 3.63) is 11.1 Å². The number of anilines is 1. The van der Waals surface area contributed by atoms with Crippen LogP contribution in [0.25, 0.3) is 0 Å². The number of thiazole rings is 1. The van der Waals surface area contributed by atoms with Crippen LogP contribution in [0.15, 0.2) is 6.20 Å². The molecule has 84 valence electrons. The summed E-state index contributed by atoms with van der Waals surface area (Å²) in [5.41, 5.74) is 5.60.